The lowest BCUT2D eigenvalue weighted by Crippen LogP contribution is -2.36. The second-order valence-corrected chi connectivity index (χ2v) is 5.49. The van der Waals surface area contributed by atoms with E-state index in [0.717, 1.165) is 12.1 Å². The number of nitrogens with one attached hydrogen (secondary N) is 1. The van der Waals surface area contributed by atoms with Crippen LogP contribution in [0.2, 0.25) is 0 Å². The molecule has 0 spiro atoms. The normalized spacial score (nSPS) is 12.8. The van der Waals surface area contributed by atoms with E-state index in [9.17, 15) is 18.4 Å². The Kier molecular flexibility index (Phi) is 6.66. The molecule has 0 aliphatic heterocycles. The van der Waals surface area contributed by atoms with Crippen LogP contribution < -0.4 is 10.1 Å². The zero-order valence-corrected chi connectivity index (χ0v) is 14.4. The van der Waals surface area contributed by atoms with Crippen LogP contribution in [0.3, 0.4) is 0 Å². The standard InChI is InChI=1S/C19H19F2NO4/c1-3-16(26-13-8-5-4-6-9-13)19(24)25-12(2)18(23)22-17-14(20)10-7-11-15(17)21/h4-12,16H,3H2,1-2H3,(H,22,23)/t12-,16+/m0/s1. The maximum absolute atomic E-state index is 13.6. The lowest BCUT2D eigenvalue weighted by Gasteiger charge is -2.19. The average Bonchev–Trinajstić information content (AvgIpc) is 2.63. The molecule has 1 N–H and O–H groups in total. The number of benzene rings is 2. The largest absolute Gasteiger partial charge is 0.479 e. The third-order valence-corrected chi connectivity index (χ3v) is 3.53. The third-order valence-electron chi connectivity index (χ3n) is 3.53. The van der Waals surface area contributed by atoms with Gasteiger partial charge in [-0.2, -0.15) is 0 Å². The van der Waals surface area contributed by atoms with E-state index in [1.165, 1.54) is 13.0 Å². The van der Waals surface area contributed by atoms with Gasteiger partial charge >= 0.3 is 5.97 Å². The zero-order chi connectivity index (χ0) is 19.1. The summed E-state index contributed by atoms with van der Waals surface area (Å²) in [7, 11) is 0. The number of carbonyl (C=O) groups excluding carboxylic acids is 2. The highest BCUT2D eigenvalue weighted by Gasteiger charge is 2.26. The van der Waals surface area contributed by atoms with Crippen molar-refractivity contribution in [3.8, 4) is 5.75 Å². The molecular weight excluding hydrogens is 344 g/mol. The number of halogens is 2. The number of esters is 1. The quantitative estimate of drug-likeness (QED) is 0.762. The van der Waals surface area contributed by atoms with Crippen LogP contribution in [-0.2, 0) is 14.3 Å². The zero-order valence-electron chi connectivity index (χ0n) is 14.4. The van der Waals surface area contributed by atoms with Gasteiger partial charge in [-0.3, -0.25) is 4.79 Å². The fraction of sp³-hybridized carbons (Fsp3) is 0.263. The number of para-hydroxylation sites is 2. The van der Waals surface area contributed by atoms with E-state index in [-0.39, 0.29) is 0 Å². The van der Waals surface area contributed by atoms with Gasteiger partial charge in [-0.05, 0) is 37.6 Å². The summed E-state index contributed by atoms with van der Waals surface area (Å²) >= 11 is 0. The minimum Gasteiger partial charge on any atom is -0.479 e. The molecule has 0 fully saturated rings. The molecule has 0 aromatic heterocycles. The number of ether oxygens (including phenoxy) is 2. The summed E-state index contributed by atoms with van der Waals surface area (Å²) in [6.45, 7) is 3.04. The monoisotopic (exact) mass is 363 g/mol. The van der Waals surface area contributed by atoms with Crippen molar-refractivity contribution in [2.24, 2.45) is 0 Å². The van der Waals surface area contributed by atoms with Crippen LogP contribution in [0.4, 0.5) is 14.5 Å². The Balaban J connectivity index is 1.97. The number of hydrogen-bond donors (Lipinski definition) is 1. The van der Waals surface area contributed by atoms with E-state index in [2.05, 4.69) is 5.32 Å². The summed E-state index contributed by atoms with van der Waals surface area (Å²) in [6.07, 6.45) is -1.84. The number of amides is 1. The molecule has 0 bridgehead atoms. The number of carbonyl (C=O) groups is 2. The molecule has 5 nitrogen and oxygen atoms in total. The highest BCUT2D eigenvalue weighted by atomic mass is 19.1. The van der Waals surface area contributed by atoms with Crippen molar-refractivity contribution in [3.05, 3.63) is 60.2 Å². The summed E-state index contributed by atoms with van der Waals surface area (Å²) in [6, 6.07) is 11.9. The smallest absolute Gasteiger partial charge is 0.348 e. The molecule has 2 aromatic rings. The minimum atomic E-state index is -1.25. The Morgan fingerprint density at radius 3 is 2.23 bits per heavy atom. The molecule has 0 radical (unpaired) electrons. The van der Waals surface area contributed by atoms with Crippen LogP contribution in [0.15, 0.2) is 48.5 Å². The topological polar surface area (TPSA) is 64.6 Å². The molecular formula is C19H19F2NO4. The highest BCUT2D eigenvalue weighted by molar-refractivity contribution is 5.95. The maximum atomic E-state index is 13.6. The number of hydrogen-bond acceptors (Lipinski definition) is 4. The van der Waals surface area contributed by atoms with Gasteiger partial charge < -0.3 is 14.8 Å². The first-order valence-electron chi connectivity index (χ1n) is 8.09. The van der Waals surface area contributed by atoms with Gasteiger partial charge in [0.05, 0.1) is 0 Å². The molecule has 2 aromatic carbocycles. The van der Waals surface area contributed by atoms with Crippen molar-refractivity contribution in [1.29, 1.82) is 0 Å². The molecule has 138 valence electrons. The number of rotatable bonds is 7. The molecule has 0 saturated carbocycles. The van der Waals surface area contributed by atoms with Gasteiger partial charge in [0, 0.05) is 0 Å². The second-order valence-electron chi connectivity index (χ2n) is 5.49. The molecule has 7 heteroatoms. The van der Waals surface area contributed by atoms with Crippen molar-refractivity contribution < 1.29 is 27.8 Å². The molecule has 2 rings (SSSR count). The van der Waals surface area contributed by atoms with Crippen LogP contribution in [-0.4, -0.2) is 24.1 Å². The van der Waals surface area contributed by atoms with Crippen molar-refractivity contribution in [1.82, 2.24) is 0 Å². The first kappa shape index (κ1) is 19.4. The average molecular weight is 363 g/mol. The lowest BCUT2D eigenvalue weighted by molar-refractivity contribution is -0.160. The Labute approximate surface area is 149 Å². The van der Waals surface area contributed by atoms with E-state index in [1.54, 1.807) is 37.3 Å². The van der Waals surface area contributed by atoms with E-state index in [4.69, 9.17) is 9.47 Å². The summed E-state index contributed by atoms with van der Waals surface area (Å²) in [4.78, 5) is 24.3. The van der Waals surface area contributed by atoms with E-state index >= 15 is 0 Å². The number of anilines is 1. The maximum Gasteiger partial charge on any atom is 0.348 e. The van der Waals surface area contributed by atoms with Gasteiger partial charge in [0.15, 0.2) is 12.2 Å². The van der Waals surface area contributed by atoms with E-state index < -0.39 is 41.4 Å². The van der Waals surface area contributed by atoms with Crippen LogP contribution in [0.1, 0.15) is 20.3 Å². The third kappa shape index (κ3) is 5.02. The van der Waals surface area contributed by atoms with Crippen molar-refractivity contribution in [3.63, 3.8) is 0 Å². The van der Waals surface area contributed by atoms with Crippen LogP contribution in [0, 0.1) is 11.6 Å². The van der Waals surface area contributed by atoms with Gasteiger partial charge in [-0.15, -0.1) is 0 Å². The van der Waals surface area contributed by atoms with Crippen molar-refractivity contribution in [2.45, 2.75) is 32.5 Å². The predicted molar refractivity (Wildman–Crippen MR) is 91.7 cm³/mol. The lowest BCUT2D eigenvalue weighted by atomic mass is 10.2. The summed E-state index contributed by atoms with van der Waals surface area (Å²) < 4.78 is 37.8. The molecule has 2 atom stereocenters. The second kappa shape index (κ2) is 8.94. The van der Waals surface area contributed by atoms with Crippen LogP contribution in [0.25, 0.3) is 0 Å². The molecule has 0 aliphatic carbocycles. The van der Waals surface area contributed by atoms with Gasteiger partial charge in [-0.25, -0.2) is 13.6 Å². The van der Waals surface area contributed by atoms with Gasteiger partial charge in [0.25, 0.3) is 5.91 Å². The fourth-order valence-corrected chi connectivity index (χ4v) is 2.11. The molecule has 0 unspecified atom stereocenters. The van der Waals surface area contributed by atoms with E-state index in [1.807, 2.05) is 0 Å². The molecule has 0 aliphatic rings. The van der Waals surface area contributed by atoms with Gasteiger partial charge in [0.2, 0.25) is 0 Å². The van der Waals surface area contributed by atoms with Gasteiger partial charge in [-0.1, -0.05) is 31.2 Å². The first-order valence-corrected chi connectivity index (χ1v) is 8.09. The Morgan fingerprint density at radius 1 is 1.04 bits per heavy atom. The summed E-state index contributed by atoms with van der Waals surface area (Å²) in [5, 5.41) is 2.08. The minimum absolute atomic E-state index is 0.323. The molecule has 1 amide bonds. The predicted octanol–water partition coefficient (Wildman–Crippen LogP) is 3.69. The fourth-order valence-electron chi connectivity index (χ4n) is 2.11. The highest BCUT2D eigenvalue weighted by Crippen LogP contribution is 2.19. The van der Waals surface area contributed by atoms with E-state index in [0.29, 0.717) is 12.2 Å². The van der Waals surface area contributed by atoms with Crippen LogP contribution in [0.5, 0.6) is 5.75 Å². The Morgan fingerprint density at radius 2 is 1.65 bits per heavy atom. The Bertz CT molecular complexity index is 747. The van der Waals surface area contributed by atoms with Crippen molar-refractivity contribution in [2.75, 3.05) is 5.32 Å². The summed E-state index contributed by atoms with van der Waals surface area (Å²) in [5.41, 5.74) is -0.590. The van der Waals surface area contributed by atoms with Crippen molar-refractivity contribution >= 4 is 17.6 Å². The SMILES string of the molecule is CC[C@@H](Oc1ccccc1)C(=O)O[C@@H](C)C(=O)Nc1c(F)cccc1F. The molecule has 0 saturated heterocycles. The van der Waals surface area contributed by atoms with Crippen LogP contribution >= 0.6 is 0 Å². The molecule has 26 heavy (non-hydrogen) atoms. The van der Waals surface area contributed by atoms with Gasteiger partial charge in [0.1, 0.15) is 23.1 Å². The first-order chi connectivity index (χ1) is 12.4. The molecule has 0 heterocycles. The Hall–Kier alpha value is -2.96. The summed E-state index contributed by atoms with van der Waals surface area (Å²) in [5.74, 6) is -2.95.